The van der Waals surface area contributed by atoms with Gasteiger partial charge in [0.1, 0.15) is 0 Å². The van der Waals surface area contributed by atoms with E-state index in [1.54, 1.807) is 12.1 Å². The standard InChI is InChI=1S/C14H8ClNO3S/c15-13-6-5-12(20-13)11(17)8-19-14(18)10-3-1-9(7-16)2-4-10/h1-6H,8H2. The van der Waals surface area contributed by atoms with Crippen molar-refractivity contribution >= 4 is 34.7 Å². The number of thiophene rings is 1. The minimum Gasteiger partial charge on any atom is -0.454 e. The van der Waals surface area contributed by atoms with Crippen LogP contribution in [0.4, 0.5) is 0 Å². The van der Waals surface area contributed by atoms with Crippen LogP contribution in [0.15, 0.2) is 36.4 Å². The largest absolute Gasteiger partial charge is 0.454 e. The van der Waals surface area contributed by atoms with Crippen molar-refractivity contribution in [3.8, 4) is 6.07 Å². The first-order valence-corrected chi connectivity index (χ1v) is 6.75. The second-order valence-electron chi connectivity index (χ2n) is 3.79. The van der Waals surface area contributed by atoms with Gasteiger partial charge in [0.05, 0.1) is 26.4 Å². The van der Waals surface area contributed by atoms with Gasteiger partial charge in [0, 0.05) is 0 Å². The van der Waals surface area contributed by atoms with E-state index in [9.17, 15) is 9.59 Å². The van der Waals surface area contributed by atoms with Gasteiger partial charge in [0.15, 0.2) is 6.61 Å². The Balaban J connectivity index is 1.95. The molecular formula is C14H8ClNO3S. The van der Waals surface area contributed by atoms with Gasteiger partial charge in [-0.25, -0.2) is 4.79 Å². The lowest BCUT2D eigenvalue weighted by atomic mass is 10.1. The molecule has 0 aliphatic rings. The first kappa shape index (κ1) is 14.3. The maximum atomic E-state index is 11.7. The van der Waals surface area contributed by atoms with Crippen molar-refractivity contribution in [2.45, 2.75) is 0 Å². The third kappa shape index (κ3) is 3.44. The molecule has 0 atom stereocenters. The van der Waals surface area contributed by atoms with Gasteiger partial charge < -0.3 is 4.74 Å². The van der Waals surface area contributed by atoms with Crippen LogP contribution in [0, 0.1) is 11.3 Å². The summed E-state index contributed by atoms with van der Waals surface area (Å²) in [7, 11) is 0. The van der Waals surface area contributed by atoms with Gasteiger partial charge in [-0.3, -0.25) is 4.79 Å². The second kappa shape index (κ2) is 6.33. The van der Waals surface area contributed by atoms with E-state index >= 15 is 0 Å². The molecule has 6 heteroatoms. The van der Waals surface area contributed by atoms with Gasteiger partial charge in [-0.2, -0.15) is 5.26 Å². The van der Waals surface area contributed by atoms with Crippen LogP contribution in [-0.4, -0.2) is 18.4 Å². The average molecular weight is 306 g/mol. The molecule has 2 aromatic rings. The molecule has 0 amide bonds. The number of rotatable bonds is 4. The minimum atomic E-state index is -0.606. The zero-order valence-corrected chi connectivity index (χ0v) is 11.7. The summed E-state index contributed by atoms with van der Waals surface area (Å²) in [5, 5.41) is 8.65. The third-order valence-electron chi connectivity index (χ3n) is 2.43. The van der Waals surface area contributed by atoms with Crippen LogP contribution in [0.25, 0.3) is 0 Å². The summed E-state index contributed by atoms with van der Waals surface area (Å²) in [6.45, 7) is -0.338. The zero-order chi connectivity index (χ0) is 14.5. The molecule has 2 rings (SSSR count). The number of esters is 1. The Bertz CT molecular complexity index is 685. The summed E-state index contributed by atoms with van der Waals surface area (Å²) in [5.41, 5.74) is 0.742. The van der Waals surface area contributed by atoms with Crippen molar-refractivity contribution in [3.63, 3.8) is 0 Å². The Morgan fingerprint density at radius 1 is 1.20 bits per heavy atom. The van der Waals surface area contributed by atoms with Gasteiger partial charge in [-0.1, -0.05) is 11.6 Å². The number of hydrogen-bond donors (Lipinski definition) is 0. The van der Waals surface area contributed by atoms with Crippen LogP contribution in [0.1, 0.15) is 25.6 Å². The van der Waals surface area contributed by atoms with E-state index in [1.165, 1.54) is 24.3 Å². The molecule has 4 nitrogen and oxygen atoms in total. The van der Waals surface area contributed by atoms with Gasteiger partial charge in [-0.05, 0) is 36.4 Å². The van der Waals surface area contributed by atoms with E-state index in [1.807, 2.05) is 6.07 Å². The first-order chi connectivity index (χ1) is 9.60. The van der Waals surface area contributed by atoms with Gasteiger partial charge in [0.25, 0.3) is 0 Å². The molecule has 0 unspecified atom stereocenters. The van der Waals surface area contributed by atoms with Crippen LogP contribution < -0.4 is 0 Å². The van der Waals surface area contributed by atoms with Crippen molar-refractivity contribution in [2.75, 3.05) is 6.61 Å². The van der Waals surface area contributed by atoms with Gasteiger partial charge >= 0.3 is 5.97 Å². The molecule has 1 heterocycles. The average Bonchev–Trinajstić information content (AvgIpc) is 2.91. The predicted octanol–water partition coefficient (Wildman–Crippen LogP) is 3.31. The molecule has 0 aliphatic heterocycles. The highest BCUT2D eigenvalue weighted by Gasteiger charge is 2.13. The zero-order valence-electron chi connectivity index (χ0n) is 10.1. The van der Waals surface area contributed by atoms with Crippen LogP contribution in [0.3, 0.4) is 0 Å². The van der Waals surface area contributed by atoms with Crippen molar-refractivity contribution < 1.29 is 14.3 Å². The number of carbonyl (C=O) groups is 2. The second-order valence-corrected chi connectivity index (χ2v) is 5.51. The molecular weight excluding hydrogens is 298 g/mol. The van der Waals surface area contributed by atoms with Crippen LogP contribution in [-0.2, 0) is 4.74 Å². The summed E-state index contributed by atoms with van der Waals surface area (Å²) in [5.74, 6) is -0.908. The molecule has 0 saturated carbocycles. The molecule has 100 valence electrons. The minimum absolute atomic E-state index is 0.293. The third-order valence-corrected chi connectivity index (χ3v) is 3.70. The van der Waals surface area contributed by atoms with Crippen molar-refractivity contribution in [2.24, 2.45) is 0 Å². The number of Topliss-reactive ketones (excluding diaryl/α,β-unsaturated/α-hetero) is 1. The summed E-state index contributed by atoms with van der Waals surface area (Å²) in [6, 6.07) is 11.1. The van der Waals surface area contributed by atoms with Crippen LogP contribution >= 0.6 is 22.9 Å². The van der Waals surface area contributed by atoms with E-state index in [-0.39, 0.29) is 12.4 Å². The Morgan fingerprint density at radius 2 is 1.90 bits per heavy atom. The molecule has 0 saturated heterocycles. The number of ketones is 1. The lowest BCUT2D eigenvalue weighted by Gasteiger charge is -2.03. The molecule has 1 aromatic carbocycles. The Hall–Kier alpha value is -2.16. The van der Waals surface area contributed by atoms with E-state index in [0.717, 1.165) is 11.3 Å². The molecule has 0 bridgehead atoms. The number of nitrogens with zero attached hydrogens (tertiary/aromatic N) is 1. The van der Waals surface area contributed by atoms with E-state index in [0.29, 0.717) is 20.3 Å². The van der Waals surface area contributed by atoms with Crippen molar-refractivity contribution in [1.82, 2.24) is 0 Å². The Labute approximate surface area is 124 Å². The predicted molar refractivity (Wildman–Crippen MR) is 75.1 cm³/mol. The Kier molecular flexibility index (Phi) is 4.51. The fourth-order valence-electron chi connectivity index (χ4n) is 1.43. The van der Waals surface area contributed by atoms with Crippen LogP contribution in [0.2, 0.25) is 4.34 Å². The number of ether oxygens (including phenoxy) is 1. The van der Waals surface area contributed by atoms with Crippen LogP contribution in [0.5, 0.6) is 0 Å². The van der Waals surface area contributed by atoms with E-state index < -0.39 is 5.97 Å². The summed E-state index contributed by atoms with van der Waals surface area (Å²) >= 11 is 6.86. The summed E-state index contributed by atoms with van der Waals surface area (Å²) in [4.78, 5) is 23.9. The highest BCUT2D eigenvalue weighted by molar-refractivity contribution is 7.18. The van der Waals surface area contributed by atoms with E-state index in [4.69, 9.17) is 21.6 Å². The first-order valence-electron chi connectivity index (χ1n) is 5.56. The number of hydrogen-bond acceptors (Lipinski definition) is 5. The van der Waals surface area contributed by atoms with Crippen molar-refractivity contribution in [1.29, 1.82) is 5.26 Å². The number of benzene rings is 1. The molecule has 0 radical (unpaired) electrons. The number of halogens is 1. The van der Waals surface area contributed by atoms with Gasteiger partial charge in [-0.15, -0.1) is 11.3 Å². The summed E-state index contributed by atoms with van der Waals surface area (Å²) in [6.07, 6.45) is 0. The molecule has 1 aromatic heterocycles. The smallest absolute Gasteiger partial charge is 0.338 e. The molecule has 0 spiro atoms. The highest BCUT2D eigenvalue weighted by Crippen LogP contribution is 2.21. The van der Waals surface area contributed by atoms with E-state index in [2.05, 4.69) is 0 Å². The molecule has 20 heavy (non-hydrogen) atoms. The number of nitriles is 1. The molecule has 0 N–H and O–H groups in total. The quantitative estimate of drug-likeness (QED) is 0.642. The van der Waals surface area contributed by atoms with Gasteiger partial charge in [0.2, 0.25) is 5.78 Å². The maximum Gasteiger partial charge on any atom is 0.338 e. The lowest BCUT2D eigenvalue weighted by molar-refractivity contribution is 0.0476. The topological polar surface area (TPSA) is 67.2 Å². The fraction of sp³-hybridized carbons (Fsp3) is 0.0714. The number of carbonyl (C=O) groups excluding carboxylic acids is 2. The monoisotopic (exact) mass is 305 g/mol. The highest BCUT2D eigenvalue weighted by atomic mass is 35.5. The Morgan fingerprint density at radius 3 is 2.45 bits per heavy atom. The normalized spacial score (nSPS) is 9.80. The summed E-state index contributed by atoms with van der Waals surface area (Å²) < 4.78 is 5.43. The lowest BCUT2D eigenvalue weighted by Crippen LogP contribution is -2.13. The van der Waals surface area contributed by atoms with Crippen molar-refractivity contribution in [3.05, 3.63) is 56.7 Å². The maximum absolute atomic E-state index is 11.7. The fourth-order valence-corrected chi connectivity index (χ4v) is 2.40. The molecule has 0 fully saturated rings. The SMILES string of the molecule is N#Cc1ccc(C(=O)OCC(=O)c2ccc(Cl)s2)cc1. The molecule has 0 aliphatic carbocycles.